The summed E-state index contributed by atoms with van der Waals surface area (Å²) >= 11 is 0. The van der Waals surface area contributed by atoms with Gasteiger partial charge in [0.2, 0.25) is 11.6 Å². The summed E-state index contributed by atoms with van der Waals surface area (Å²) in [5, 5.41) is 12.3. The summed E-state index contributed by atoms with van der Waals surface area (Å²) in [6.45, 7) is 2.00. The molecule has 4 nitrogen and oxygen atoms in total. The zero-order valence-electron chi connectivity index (χ0n) is 10.6. The van der Waals surface area contributed by atoms with Crippen molar-refractivity contribution in [3.05, 3.63) is 53.4 Å². The SMILES string of the molecule is CC1=C/C(=[N+]2/OC(=O)C(c3ccccc3)=C2[O-])CC1. The molecular formula is C15H13NO3. The third-order valence-corrected chi connectivity index (χ3v) is 3.29. The van der Waals surface area contributed by atoms with Gasteiger partial charge in [-0.15, -0.1) is 0 Å². The highest BCUT2D eigenvalue weighted by Crippen LogP contribution is 2.26. The number of hydrogen-bond donors (Lipinski definition) is 0. The number of carbonyl (C=O) groups excluding carboxylic acids is 1. The summed E-state index contributed by atoms with van der Waals surface area (Å²) in [5.74, 6) is -0.959. The lowest BCUT2D eigenvalue weighted by molar-refractivity contribution is -0.773. The molecule has 0 radical (unpaired) electrons. The van der Waals surface area contributed by atoms with E-state index in [-0.39, 0.29) is 11.5 Å². The van der Waals surface area contributed by atoms with Crippen LogP contribution in [0.4, 0.5) is 0 Å². The number of benzene rings is 1. The fourth-order valence-electron chi connectivity index (χ4n) is 2.31. The third kappa shape index (κ3) is 1.95. The average Bonchev–Trinajstić information content (AvgIpc) is 2.95. The Morgan fingerprint density at radius 1 is 1.21 bits per heavy atom. The molecule has 1 aromatic carbocycles. The van der Waals surface area contributed by atoms with Crippen molar-refractivity contribution in [1.82, 2.24) is 0 Å². The van der Waals surface area contributed by atoms with Crippen molar-refractivity contribution >= 4 is 17.3 Å². The topological polar surface area (TPSA) is 52.4 Å². The molecule has 0 aromatic heterocycles. The molecule has 4 heteroatoms. The van der Waals surface area contributed by atoms with E-state index in [1.165, 1.54) is 5.57 Å². The van der Waals surface area contributed by atoms with Crippen molar-refractivity contribution in [2.45, 2.75) is 19.8 Å². The number of hydroxylamine groups is 1. The first-order valence-electron chi connectivity index (χ1n) is 6.19. The summed E-state index contributed by atoms with van der Waals surface area (Å²) in [5.41, 5.74) is 2.64. The van der Waals surface area contributed by atoms with Crippen LogP contribution in [0.2, 0.25) is 0 Å². The van der Waals surface area contributed by atoms with E-state index in [1.807, 2.05) is 19.1 Å². The Bertz CT molecular complexity index is 639. The van der Waals surface area contributed by atoms with Gasteiger partial charge in [0.1, 0.15) is 5.57 Å². The zero-order valence-corrected chi connectivity index (χ0v) is 10.6. The van der Waals surface area contributed by atoms with Gasteiger partial charge in [0, 0.05) is 17.2 Å². The first-order chi connectivity index (χ1) is 9.16. The molecule has 0 spiro atoms. The van der Waals surface area contributed by atoms with Gasteiger partial charge in [-0.1, -0.05) is 35.9 Å². The normalized spacial score (nSPS) is 22.8. The molecule has 96 valence electrons. The summed E-state index contributed by atoms with van der Waals surface area (Å²) in [7, 11) is 0. The van der Waals surface area contributed by atoms with E-state index in [0.29, 0.717) is 5.56 Å². The second kappa shape index (κ2) is 4.39. The molecule has 3 rings (SSSR count). The van der Waals surface area contributed by atoms with Gasteiger partial charge in [0.15, 0.2) is 0 Å². The van der Waals surface area contributed by atoms with Gasteiger partial charge in [-0.25, -0.2) is 4.79 Å². The summed E-state index contributed by atoms with van der Waals surface area (Å²) in [6.07, 6.45) is 3.53. The lowest BCUT2D eigenvalue weighted by Crippen LogP contribution is -2.22. The Morgan fingerprint density at radius 3 is 2.58 bits per heavy atom. The zero-order chi connectivity index (χ0) is 13.4. The summed E-state index contributed by atoms with van der Waals surface area (Å²) in [4.78, 5) is 17.0. The molecule has 0 N–H and O–H groups in total. The van der Waals surface area contributed by atoms with Crippen LogP contribution in [0.25, 0.3) is 5.57 Å². The van der Waals surface area contributed by atoms with Crippen LogP contribution in [0, 0.1) is 0 Å². The molecule has 1 heterocycles. The van der Waals surface area contributed by atoms with Crippen molar-refractivity contribution in [1.29, 1.82) is 0 Å². The minimum absolute atomic E-state index is 0.103. The minimum atomic E-state index is -0.582. The average molecular weight is 255 g/mol. The van der Waals surface area contributed by atoms with Crippen LogP contribution in [0.1, 0.15) is 25.3 Å². The van der Waals surface area contributed by atoms with E-state index in [1.54, 1.807) is 24.3 Å². The van der Waals surface area contributed by atoms with Crippen LogP contribution in [0.5, 0.6) is 0 Å². The van der Waals surface area contributed by atoms with Gasteiger partial charge in [0.25, 0.3) is 0 Å². The fraction of sp³-hybridized carbons (Fsp3) is 0.200. The largest absolute Gasteiger partial charge is 0.819 e. The van der Waals surface area contributed by atoms with Gasteiger partial charge in [-0.05, 0) is 18.9 Å². The molecular weight excluding hydrogens is 242 g/mol. The number of rotatable bonds is 1. The molecule has 0 saturated carbocycles. The molecule has 2 aliphatic rings. The smallest absolute Gasteiger partial charge is 0.417 e. The van der Waals surface area contributed by atoms with Crippen LogP contribution < -0.4 is 5.11 Å². The van der Waals surface area contributed by atoms with E-state index < -0.39 is 5.97 Å². The van der Waals surface area contributed by atoms with E-state index in [0.717, 1.165) is 23.3 Å². The number of allylic oxidation sites excluding steroid dienone is 2. The maximum Gasteiger partial charge on any atom is 0.417 e. The Kier molecular flexibility index (Phi) is 2.71. The van der Waals surface area contributed by atoms with E-state index in [4.69, 9.17) is 4.84 Å². The second-order valence-electron chi connectivity index (χ2n) is 4.70. The monoisotopic (exact) mass is 255 g/mol. The molecule has 19 heavy (non-hydrogen) atoms. The van der Waals surface area contributed by atoms with Crippen LogP contribution in [-0.4, -0.2) is 16.4 Å². The van der Waals surface area contributed by atoms with Crippen LogP contribution in [0.15, 0.2) is 47.9 Å². The van der Waals surface area contributed by atoms with Crippen molar-refractivity contribution in [3.63, 3.8) is 0 Å². The number of hydrogen-bond acceptors (Lipinski definition) is 3. The van der Waals surface area contributed by atoms with Crippen molar-refractivity contribution < 1.29 is 19.5 Å². The van der Waals surface area contributed by atoms with Gasteiger partial charge in [0.05, 0.1) is 0 Å². The lowest BCUT2D eigenvalue weighted by Gasteiger charge is -2.01. The van der Waals surface area contributed by atoms with Gasteiger partial charge in [-0.2, -0.15) is 4.84 Å². The van der Waals surface area contributed by atoms with Crippen LogP contribution in [-0.2, 0) is 9.63 Å². The van der Waals surface area contributed by atoms with Crippen LogP contribution in [0.3, 0.4) is 0 Å². The van der Waals surface area contributed by atoms with Gasteiger partial charge < -0.3 is 5.11 Å². The third-order valence-electron chi connectivity index (χ3n) is 3.29. The molecule has 0 atom stereocenters. The Labute approximate surface area is 110 Å². The van der Waals surface area contributed by atoms with Crippen molar-refractivity contribution in [2.75, 3.05) is 0 Å². The molecule has 0 fully saturated rings. The molecule has 0 bridgehead atoms. The van der Waals surface area contributed by atoms with Gasteiger partial charge in [-0.3, -0.25) is 0 Å². The first kappa shape index (κ1) is 11.7. The Balaban J connectivity index is 2.10. The van der Waals surface area contributed by atoms with E-state index in [2.05, 4.69) is 0 Å². The first-order valence-corrected chi connectivity index (χ1v) is 6.19. The highest BCUT2D eigenvalue weighted by molar-refractivity contribution is 6.17. The Morgan fingerprint density at radius 2 is 1.95 bits per heavy atom. The fourth-order valence-corrected chi connectivity index (χ4v) is 2.31. The minimum Gasteiger partial charge on any atom is -0.819 e. The lowest BCUT2D eigenvalue weighted by atomic mass is 10.1. The number of carbonyl (C=O) groups is 1. The molecule has 1 aliphatic heterocycles. The molecule has 1 aromatic rings. The Hall–Kier alpha value is -2.36. The second-order valence-corrected chi connectivity index (χ2v) is 4.70. The van der Waals surface area contributed by atoms with E-state index in [9.17, 15) is 9.90 Å². The highest BCUT2D eigenvalue weighted by atomic mass is 16.7. The molecule has 1 aliphatic carbocycles. The number of nitrogens with zero attached hydrogens (tertiary/aromatic N) is 1. The van der Waals surface area contributed by atoms with Gasteiger partial charge >= 0.3 is 5.97 Å². The van der Waals surface area contributed by atoms with Crippen molar-refractivity contribution in [2.24, 2.45) is 0 Å². The predicted octanol–water partition coefficient (Wildman–Crippen LogP) is 1.38. The predicted molar refractivity (Wildman–Crippen MR) is 67.7 cm³/mol. The molecule has 0 amide bonds. The highest BCUT2D eigenvalue weighted by Gasteiger charge is 2.36. The maximum absolute atomic E-state index is 12.3. The standard InChI is InChI=1S/C15H13NO3/c1-10-7-8-12(9-10)16-14(17)13(15(18)19-16)11-5-3-2-4-6-11/h2-6,9H,7-8H2,1H3/b16-12+. The molecule has 0 saturated heterocycles. The maximum atomic E-state index is 12.3. The summed E-state index contributed by atoms with van der Waals surface area (Å²) in [6, 6.07) is 8.89. The van der Waals surface area contributed by atoms with Crippen molar-refractivity contribution in [3.8, 4) is 0 Å². The molecule has 0 unspecified atom stereocenters. The van der Waals surface area contributed by atoms with E-state index >= 15 is 0 Å². The quantitative estimate of drug-likeness (QED) is 0.562. The van der Waals surface area contributed by atoms with Crippen LogP contribution >= 0.6 is 0 Å². The summed E-state index contributed by atoms with van der Waals surface area (Å²) < 4.78 is 1.13.